The molecule has 84 valence electrons. The first-order valence-corrected chi connectivity index (χ1v) is 5.36. The monoisotopic (exact) mass is 213 g/mol. The van der Waals surface area contributed by atoms with Crippen molar-refractivity contribution in [1.82, 2.24) is 5.32 Å². The van der Waals surface area contributed by atoms with Gasteiger partial charge in [0.25, 0.3) is 0 Å². The van der Waals surface area contributed by atoms with E-state index >= 15 is 0 Å². The highest BCUT2D eigenvalue weighted by atomic mass is 14.8. The molecule has 1 nitrogen and oxygen atoms in total. The molecule has 0 saturated heterocycles. The van der Waals surface area contributed by atoms with E-state index in [2.05, 4.69) is 50.5 Å². The molecule has 0 spiro atoms. The van der Waals surface area contributed by atoms with E-state index in [0.29, 0.717) is 0 Å². The summed E-state index contributed by atoms with van der Waals surface area (Å²) in [5.74, 6) is 0. The molecule has 0 bridgehead atoms. The van der Waals surface area contributed by atoms with Crippen LogP contribution in [0.25, 0.3) is 18.4 Å². The summed E-state index contributed by atoms with van der Waals surface area (Å²) in [5, 5.41) is 5.22. The van der Waals surface area contributed by atoms with Crippen LogP contribution in [0.1, 0.15) is 19.4 Å². The van der Waals surface area contributed by atoms with Crippen LogP contribution in [0.3, 0.4) is 0 Å². The Morgan fingerprint density at radius 1 is 1.31 bits per heavy atom. The Morgan fingerprint density at radius 2 is 2.00 bits per heavy atom. The number of allylic oxidation sites excluding steroid dienone is 2. The van der Waals surface area contributed by atoms with Crippen molar-refractivity contribution in [2.45, 2.75) is 13.8 Å². The fourth-order valence-corrected chi connectivity index (χ4v) is 1.46. The second kappa shape index (κ2) is 5.36. The van der Waals surface area contributed by atoms with Crippen LogP contribution in [0, 0.1) is 0 Å². The minimum Gasteiger partial charge on any atom is -0.388 e. The Kier molecular flexibility index (Phi) is 4.12. The van der Waals surface area contributed by atoms with Gasteiger partial charge in [-0.05, 0) is 24.3 Å². The Labute approximate surface area is 97.5 Å². The zero-order valence-corrected chi connectivity index (χ0v) is 10.3. The first-order valence-electron chi connectivity index (χ1n) is 5.36. The third-order valence-electron chi connectivity index (χ3n) is 2.41. The van der Waals surface area contributed by atoms with Gasteiger partial charge < -0.3 is 5.32 Å². The Bertz CT molecular complexity index is 517. The molecule has 0 atom stereocenters. The molecule has 0 aliphatic carbocycles. The molecule has 1 heteroatoms. The van der Waals surface area contributed by atoms with E-state index in [-0.39, 0.29) is 0 Å². The Hall–Kier alpha value is -1.76. The number of hydrogen-bond donors (Lipinski definition) is 1. The molecule has 0 fully saturated rings. The lowest BCUT2D eigenvalue weighted by molar-refractivity contribution is 1.13. The number of rotatable bonds is 3. The standard InChI is InChI=1S/C15H19N/c1-11(2)9-10-14-12(3)7-6-8-15(14)13(4)16-5/h6-10,16H,3-4H2,1-2,5H3/b14-10+. The molecular formula is C15H19N. The highest BCUT2D eigenvalue weighted by molar-refractivity contribution is 5.64. The van der Waals surface area contributed by atoms with Gasteiger partial charge in [0.15, 0.2) is 0 Å². The first kappa shape index (κ1) is 12.3. The average Bonchev–Trinajstić information content (AvgIpc) is 2.25. The van der Waals surface area contributed by atoms with Crippen LogP contribution in [-0.4, -0.2) is 7.05 Å². The third kappa shape index (κ3) is 2.86. The molecule has 1 N–H and O–H groups in total. The van der Waals surface area contributed by atoms with Gasteiger partial charge in [-0.25, -0.2) is 0 Å². The summed E-state index contributed by atoms with van der Waals surface area (Å²) >= 11 is 0. The quantitative estimate of drug-likeness (QED) is 0.810. The van der Waals surface area contributed by atoms with Crippen molar-refractivity contribution in [3.05, 3.63) is 52.4 Å². The molecule has 1 rings (SSSR count). The molecule has 0 aliphatic rings. The second-order valence-corrected chi connectivity index (χ2v) is 4.02. The van der Waals surface area contributed by atoms with Gasteiger partial charge >= 0.3 is 0 Å². The van der Waals surface area contributed by atoms with E-state index in [4.69, 9.17) is 0 Å². The number of nitrogens with one attached hydrogen (secondary N) is 1. The van der Waals surface area contributed by atoms with Crippen molar-refractivity contribution in [1.29, 1.82) is 0 Å². The SMILES string of the molecule is C=C(NC)c1cccc(=C)/c1=C\C=C(C)C. The Morgan fingerprint density at radius 3 is 2.56 bits per heavy atom. The van der Waals surface area contributed by atoms with Crippen molar-refractivity contribution in [3.63, 3.8) is 0 Å². The predicted octanol–water partition coefficient (Wildman–Crippen LogP) is 2.03. The fourth-order valence-electron chi connectivity index (χ4n) is 1.46. The largest absolute Gasteiger partial charge is 0.388 e. The van der Waals surface area contributed by atoms with Crippen molar-refractivity contribution >= 4 is 18.4 Å². The van der Waals surface area contributed by atoms with Gasteiger partial charge in [0.05, 0.1) is 0 Å². The van der Waals surface area contributed by atoms with Crippen LogP contribution in [0.5, 0.6) is 0 Å². The molecular weight excluding hydrogens is 194 g/mol. The van der Waals surface area contributed by atoms with Gasteiger partial charge in [-0.1, -0.05) is 49.1 Å². The highest BCUT2D eigenvalue weighted by Crippen LogP contribution is 2.00. The smallest absolute Gasteiger partial charge is 0.0344 e. The van der Waals surface area contributed by atoms with Gasteiger partial charge in [0, 0.05) is 18.3 Å². The van der Waals surface area contributed by atoms with E-state index in [1.54, 1.807) is 0 Å². The topological polar surface area (TPSA) is 12.0 Å². The lowest BCUT2D eigenvalue weighted by atomic mass is 10.1. The van der Waals surface area contributed by atoms with E-state index in [1.165, 1.54) is 5.57 Å². The summed E-state index contributed by atoms with van der Waals surface area (Å²) in [7, 11) is 1.88. The van der Waals surface area contributed by atoms with E-state index in [1.807, 2.05) is 19.2 Å². The number of hydrogen-bond acceptors (Lipinski definition) is 1. The maximum absolute atomic E-state index is 4.05. The predicted molar refractivity (Wildman–Crippen MR) is 73.2 cm³/mol. The molecule has 1 aromatic rings. The minimum atomic E-state index is 0.916. The van der Waals surface area contributed by atoms with Crippen LogP contribution in [-0.2, 0) is 0 Å². The lowest BCUT2D eigenvalue weighted by Gasteiger charge is -2.06. The maximum Gasteiger partial charge on any atom is 0.0344 e. The van der Waals surface area contributed by atoms with Crippen molar-refractivity contribution in [2.75, 3.05) is 7.05 Å². The average molecular weight is 213 g/mol. The summed E-state index contributed by atoms with van der Waals surface area (Å²) in [4.78, 5) is 0. The first-order chi connectivity index (χ1) is 7.56. The summed E-state index contributed by atoms with van der Waals surface area (Å²) in [6, 6.07) is 6.06. The van der Waals surface area contributed by atoms with Gasteiger partial charge in [-0.2, -0.15) is 0 Å². The van der Waals surface area contributed by atoms with Crippen molar-refractivity contribution in [2.24, 2.45) is 0 Å². The van der Waals surface area contributed by atoms with Gasteiger partial charge in [-0.3, -0.25) is 0 Å². The summed E-state index contributed by atoms with van der Waals surface area (Å²) in [6.07, 6.45) is 4.19. The minimum absolute atomic E-state index is 0.916. The van der Waals surface area contributed by atoms with E-state index in [9.17, 15) is 0 Å². The second-order valence-electron chi connectivity index (χ2n) is 4.02. The molecule has 0 heterocycles. The lowest BCUT2D eigenvalue weighted by Crippen LogP contribution is -2.28. The van der Waals surface area contributed by atoms with Crippen LogP contribution in [0.4, 0.5) is 0 Å². The van der Waals surface area contributed by atoms with Gasteiger partial charge in [0.1, 0.15) is 0 Å². The molecule has 0 aromatic heterocycles. The molecule has 0 amide bonds. The van der Waals surface area contributed by atoms with Gasteiger partial charge in [-0.15, -0.1) is 0 Å². The van der Waals surface area contributed by atoms with E-state index in [0.717, 1.165) is 21.7 Å². The maximum atomic E-state index is 4.05. The van der Waals surface area contributed by atoms with Crippen LogP contribution in [0.15, 0.2) is 36.4 Å². The summed E-state index contributed by atoms with van der Waals surface area (Å²) in [6.45, 7) is 12.2. The third-order valence-corrected chi connectivity index (χ3v) is 2.41. The normalized spacial score (nSPS) is 11.1. The van der Waals surface area contributed by atoms with Crippen LogP contribution < -0.4 is 15.8 Å². The zero-order chi connectivity index (χ0) is 12.1. The number of benzene rings is 1. The van der Waals surface area contributed by atoms with Crippen LogP contribution >= 0.6 is 0 Å². The molecule has 0 aliphatic heterocycles. The molecule has 0 unspecified atom stereocenters. The molecule has 16 heavy (non-hydrogen) atoms. The van der Waals surface area contributed by atoms with E-state index < -0.39 is 0 Å². The fraction of sp³-hybridized carbons (Fsp3) is 0.200. The molecule has 1 aromatic carbocycles. The molecule has 0 saturated carbocycles. The molecule has 0 radical (unpaired) electrons. The Balaban J connectivity index is 3.47. The highest BCUT2D eigenvalue weighted by Gasteiger charge is 1.97. The van der Waals surface area contributed by atoms with Gasteiger partial charge in [0.2, 0.25) is 0 Å². The van der Waals surface area contributed by atoms with Crippen LogP contribution in [0.2, 0.25) is 0 Å². The van der Waals surface area contributed by atoms with Crippen molar-refractivity contribution < 1.29 is 0 Å². The zero-order valence-electron chi connectivity index (χ0n) is 10.3. The summed E-state index contributed by atoms with van der Waals surface area (Å²) in [5.41, 5.74) is 3.29. The van der Waals surface area contributed by atoms with Crippen molar-refractivity contribution in [3.8, 4) is 0 Å². The summed E-state index contributed by atoms with van der Waals surface area (Å²) < 4.78 is 0.